The Morgan fingerprint density at radius 2 is 0.771 bits per heavy atom. The van der Waals surface area contributed by atoms with Crippen LogP contribution in [0.5, 0.6) is 0 Å². The average Bonchev–Trinajstić information content (AvgIpc) is 2.56. The molecule has 0 aliphatic heterocycles. The quantitative estimate of drug-likeness (QED) is 0.142. The molecule has 0 rings (SSSR count). The summed E-state index contributed by atoms with van der Waals surface area (Å²) in [4.78, 5) is 6.13. The van der Waals surface area contributed by atoms with E-state index < -0.39 is 24.2 Å². The fraction of sp³-hybridized carbons (Fsp3) is 0.769. The predicted octanol–water partition coefficient (Wildman–Crippen LogP) is -6.39. The molecule has 0 atom stereocenters. The molecule has 0 bridgehead atoms. The first-order chi connectivity index (χ1) is 14.7. The molecule has 0 saturated heterocycles. The number of quaternary nitrogens is 4. The van der Waals surface area contributed by atoms with E-state index in [9.17, 15) is 0 Å². The number of allylic oxidation sites excluding steroid dienone is 2. The zero-order valence-corrected chi connectivity index (χ0v) is 30.8. The van der Waals surface area contributed by atoms with Gasteiger partial charge in [-0.05, 0) is 16.1 Å². The van der Waals surface area contributed by atoms with Crippen LogP contribution in [0.25, 0.3) is 0 Å². The third-order valence-electron chi connectivity index (χ3n) is 4.49. The van der Waals surface area contributed by atoms with Crippen molar-refractivity contribution >= 4 is 24.2 Å². The van der Waals surface area contributed by atoms with Gasteiger partial charge in [0.15, 0.2) is 0 Å². The van der Waals surface area contributed by atoms with E-state index in [-0.39, 0.29) is 37.7 Å². The summed E-state index contributed by atoms with van der Waals surface area (Å²) < 4.78 is 0. The molecule has 0 aliphatic rings. The van der Waals surface area contributed by atoms with Gasteiger partial charge in [-0.1, -0.05) is 60.4 Å². The van der Waals surface area contributed by atoms with Gasteiger partial charge in [-0.3, -0.25) is 0 Å². The monoisotopic (exact) mass is 532 g/mol. The van der Waals surface area contributed by atoms with Gasteiger partial charge in [0.1, 0.15) is 26.2 Å². The number of nitrogens with one attached hydrogen (secondary N) is 4. The van der Waals surface area contributed by atoms with Gasteiger partial charge in [0.2, 0.25) is 0 Å². The van der Waals surface area contributed by atoms with Crippen LogP contribution in [0.1, 0.15) is 0 Å². The van der Waals surface area contributed by atoms with E-state index in [1.54, 1.807) is 0 Å². The average molecular weight is 533 g/mol. The Balaban J connectivity index is -0.000000141. The second kappa shape index (κ2) is 24.0. The van der Waals surface area contributed by atoms with Crippen molar-refractivity contribution in [3.05, 3.63) is 35.6 Å². The summed E-state index contributed by atoms with van der Waals surface area (Å²) >= 11 is 0. The van der Waals surface area contributed by atoms with E-state index in [1.165, 1.54) is 45.8 Å². The summed E-state index contributed by atoms with van der Waals surface area (Å²) in [6.07, 6.45) is 4.63. The summed E-state index contributed by atoms with van der Waals surface area (Å²) in [5.41, 5.74) is 4.87. The van der Waals surface area contributed by atoms with E-state index in [2.05, 4.69) is 144 Å². The molecule has 0 aromatic heterocycles. The molecule has 0 saturated carbocycles. The van der Waals surface area contributed by atoms with Crippen molar-refractivity contribution < 1.29 is 57.3 Å². The van der Waals surface area contributed by atoms with E-state index in [0.29, 0.717) is 0 Å². The van der Waals surface area contributed by atoms with Crippen molar-refractivity contribution in [2.75, 3.05) is 82.6 Å². The maximum atomic E-state index is 2.44. The molecule has 4 nitrogen and oxygen atoms in total. The molecular weight excluding hydrogens is 466 g/mol. The fourth-order valence-electron chi connectivity index (χ4n) is 2.23. The molecular formula is C26H66Li2N4Si3+4. The standard InChI is InChI=1S/C14H30Si3.2C6H16N2.2Li/c1-15(2,3)11-9-13-17(7,8)14-10-12-16(4,5)6;2*1-7(2)5-6-8(3)4;;/h9-14H,1-8H3;2*5-6H2,1-4H3;;/q-2;;;2*+1/p+4/b11-9+,14-10+;;;;. The molecule has 0 aliphatic carbocycles. The van der Waals surface area contributed by atoms with Gasteiger partial charge in [-0.15, -0.1) is 0 Å². The number of hydrogen-bond donors (Lipinski definition) is 4. The number of rotatable bonds is 12. The Hall–Kier alpha value is 0.905. The van der Waals surface area contributed by atoms with Crippen molar-refractivity contribution in [1.29, 1.82) is 0 Å². The molecule has 200 valence electrons. The SMILES string of the molecule is C[NH+](C)CC[NH+](C)C.C[NH+](C)CC[NH+](C)C.C[Si](C)(C)/C=C/[CH-][Si](C)(C)/C=C/[CH-][Si](C)(C)C.[Li+].[Li+]. The fourth-order valence-corrected chi connectivity index (χ4v) is 5.25. The molecule has 0 heterocycles. The van der Waals surface area contributed by atoms with Crippen LogP contribution in [0.15, 0.2) is 23.6 Å². The molecule has 0 unspecified atom stereocenters. The van der Waals surface area contributed by atoms with Gasteiger partial charge in [-0.25, -0.2) is 35.6 Å². The Morgan fingerprint density at radius 1 is 0.486 bits per heavy atom. The summed E-state index contributed by atoms with van der Waals surface area (Å²) in [7, 11) is 14.1. The van der Waals surface area contributed by atoms with Gasteiger partial charge in [-0.2, -0.15) is 0 Å². The van der Waals surface area contributed by atoms with Gasteiger partial charge >= 0.3 is 37.7 Å². The van der Waals surface area contributed by atoms with Crippen molar-refractivity contribution in [3.63, 3.8) is 0 Å². The van der Waals surface area contributed by atoms with Gasteiger partial charge in [0.25, 0.3) is 0 Å². The predicted molar refractivity (Wildman–Crippen MR) is 162 cm³/mol. The van der Waals surface area contributed by atoms with Crippen LogP contribution >= 0.6 is 0 Å². The van der Waals surface area contributed by atoms with Crippen molar-refractivity contribution in [2.24, 2.45) is 0 Å². The van der Waals surface area contributed by atoms with Crippen LogP contribution in [0.2, 0.25) is 52.4 Å². The summed E-state index contributed by atoms with van der Waals surface area (Å²) in [6.45, 7) is 24.1. The van der Waals surface area contributed by atoms with Crippen LogP contribution in [0.4, 0.5) is 0 Å². The minimum Gasteiger partial charge on any atom is -0.335 e. The smallest absolute Gasteiger partial charge is 0.335 e. The van der Waals surface area contributed by atoms with Crippen LogP contribution in [-0.4, -0.2) is 107 Å². The molecule has 0 aromatic rings. The van der Waals surface area contributed by atoms with Gasteiger partial charge in [0, 0.05) is 0 Å². The van der Waals surface area contributed by atoms with E-state index in [0.717, 1.165) is 0 Å². The Labute approximate surface area is 250 Å². The zero-order chi connectivity index (χ0) is 26.9. The molecule has 0 amide bonds. The second-order valence-electron chi connectivity index (χ2n) is 13.4. The third kappa shape index (κ3) is 52.2. The normalized spacial score (nSPS) is 12.2. The third-order valence-corrected chi connectivity index (χ3v) is 8.98. The van der Waals surface area contributed by atoms with Crippen molar-refractivity contribution in [3.8, 4) is 0 Å². The van der Waals surface area contributed by atoms with Crippen molar-refractivity contribution in [2.45, 2.75) is 52.4 Å². The van der Waals surface area contributed by atoms with E-state index >= 15 is 0 Å². The summed E-state index contributed by atoms with van der Waals surface area (Å²) in [5, 5.41) is 0. The first-order valence-corrected chi connectivity index (χ1v) is 23.2. The molecule has 35 heavy (non-hydrogen) atoms. The van der Waals surface area contributed by atoms with Crippen LogP contribution in [0, 0.1) is 12.1 Å². The molecule has 0 spiro atoms. The largest absolute Gasteiger partial charge is 1.00 e. The maximum Gasteiger partial charge on any atom is 1.00 e. The first kappa shape index (κ1) is 45.8. The Bertz CT molecular complexity index is 480. The topological polar surface area (TPSA) is 17.8 Å². The van der Waals surface area contributed by atoms with Crippen molar-refractivity contribution in [1.82, 2.24) is 0 Å². The second-order valence-corrected chi connectivity index (χ2v) is 27.9. The summed E-state index contributed by atoms with van der Waals surface area (Å²) in [6, 6.07) is 4.87. The van der Waals surface area contributed by atoms with E-state index in [1.807, 2.05) is 0 Å². The first-order valence-electron chi connectivity index (χ1n) is 12.9. The summed E-state index contributed by atoms with van der Waals surface area (Å²) in [5.74, 6) is 0. The zero-order valence-electron chi connectivity index (χ0n) is 27.8. The Kier molecular flexibility index (Phi) is 31.4. The minimum atomic E-state index is -1.28. The number of likely N-dealkylation sites (N-methyl/N-ethyl adjacent to an activating group) is 4. The van der Waals surface area contributed by atoms with Gasteiger partial charge in [0.05, 0.1) is 56.4 Å². The van der Waals surface area contributed by atoms with Crippen LogP contribution in [-0.2, 0) is 0 Å². The molecule has 0 aromatic carbocycles. The molecule has 0 radical (unpaired) electrons. The number of hydrogen-bond acceptors (Lipinski definition) is 0. The van der Waals surface area contributed by atoms with Crippen LogP contribution in [0.3, 0.4) is 0 Å². The van der Waals surface area contributed by atoms with E-state index in [4.69, 9.17) is 0 Å². The minimum absolute atomic E-state index is 0. The Morgan fingerprint density at radius 3 is 1.00 bits per heavy atom. The molecule has 9 heteroatoms. The molecule has 0 fully saturated rings. The van der Waals surface area contributed by atoms with Crippen LogP contribution < -0.4 is 57.3 Å². The van der Waals surface area contributed by atoms with Gasteiger partial charge < -0.3 is 19.6 Å². The molecule has 4 N–H and O–H groups in total. The maximum absolute atomic E-state index is 2.44.